The van der Waals surface area contributed by atoms with E-state index in [1.807, 2.05) is 0 Å². The van der Waals surface area contributed by atoms with Crippen LogP contribution in [0.15, 0.2) is 6.07 Å². The number of hydrogen-bond donors (Lipinski definition) is 2. The molecule has 0 aliphatic rings. The van der Waals surface area contributed by atoms with Crippen molar-refractivity contribution >= 4 is 11.8 Å². The third kappa shape index (κ3) is 2.97. The van der Waals surface area contributed by atoms with Crippen LogP contribution in [0.3, 0.4) is 0 Å². The van der Waals surface area contributed by atoms with Crippen LogP contribution < -0.4 is 10.5 Å². The minimum atomic E-state index is -5.06. The number of aromatic carboxylic acids is 1. The summed E-state index contributed by atoms with van der Waals surface area (Å²) in [6.07, 6.45) is -5.06. The number of pyridine rings is 1. The molecule has 0 unspecified atom stereocenters. The lowest BCUT2D eigenvalue weighted by Gasteiger charge is -2.11. The van der Waals surface area contributed by atoms with Gasteiger partial charge in [0.25, 0.3) is 0 Å². The molecule has 0 aliphatic carbocycles. The van der Waals surface area contributed by atoms with Crippen LogP contribution in [-0.4, -0.2) is 22.4 Å². The average Bonchev–Trinajstić information content (AvgIpc) is 2.14. The maximum atomic E-state index is 12.0. The van der Waals surface area contributed by atoms with Gasteiger partial charge in [0.15, 0.2) is 11.4 Å². The number of ether oxygens (including phenoxy) is 1. The lowest BCUT2D eigenvalue weighted by atomic mass is 10.2. The molecule has 1 heterocycles. The third-order valence-corrected chi connectivity index (χ3v) is 1.54. The maximum absolute atomic E-state index is 12.0. The van der Waals surface area contributed by atoms with Crippen molar-refractivity contribution in [3.63, 3.8) is 0 Å². The highest BCUT2D eigenvalue weighted by Gasteiger charge is 2.33. The molecule has 0 fully saturated rings. The van der Waals surface area contributed by atoms with E-state index in [4.69, 9.17) is 16.1 Å². The zero-order valence-electron chi connectivity index (χ0n) is 7.95. The highest BCUT2D eigenvalue weighted by Crippen LogP contribution is 2.29. The van der Waals surface area contributed by atoms with E-state index in [0.29, 0.717) is 6.07 Å². The summed E-state index contributed by atoms with van der Waals surface area (Å²) >= 11 is 0. The first-order chi connectivity index (χ1) is 7.74. The number of carbonyl (C=O) groups is 1. The molecule has 9 heteroatoms. The molecule has 0 saturated carbocycles. The molecule has 0 spiro atoms. The van der Waals surface area contributed by atoms with Crippen LogP contribution in [0.4, 0.5) is 19.0 Å². The molecule has 0 saturated heterocycles. The van der Waals surface area contributed by atoms with Crippen molar-refractivity contribution in [1.82, 2.24) is 4.98 Å². The van der Waals surface area contributed by atoms with Crippen LogP contribution in [0.5, 0.6) is 5.75 Å². The van der Waals surface area contributed by atoms with Crippen molar-refractivity contribution in [2.24, 2.45) is 0 Å². The second-order valence-electron chi connectivity index (χ2n) is 2.73. The Kier molecular flexibility index (Phi) is 3.08. The number of halogens is 3. The summed E-state index contributed by atoms with van der Waals surface area (Å²) in [5.74, 6) is -3.17. The van der Waals surface area contributed by atoms with Gasteiger partial charge >= 0.3 is 12.3 Å². The number of anilines is 1. The fourth-order valence-corrected chi connectivity index (χ4v) is 1.01. The van der Waals surface area contributed by atoms with Gasteiger partial charge in [-0.1, -0.05) is 0 Å². The zero-order chi connectivity index (χ0) is 13.2. The molecule has 0 aliphatic heterocycles. The molecule has 90 valence electrons. The van der Waals surface area contributed by atoms with Crippen LogP contribution in [0.1, 0.15) is 16.1 Å². The van der Waals surface area contributed by atoms with E-state index in [2.05, 4.69) is 9.72 Å². The molecule has 6 nitrogen and oxygen atoms in total. The molecule has 1 aromatic heterocycles. The van der Waals surface area contributed by atoms with E-state index in [1.165, 1.54) is 6.07 Å². The van der Waals surface area contributed by atoms with E-state index < -0.39 is 35.2 Å². The van der Waals surface area contributed by atoms with Crippen LogP contribution in [0.25, 0.3) is 0 Å². The monoisotopic (exact) mass is 247 g/mol. The number of nitrogens with two attached hydrogens (primary N) is 1. The predicted octanol–water partition coefficient (Wildman–Crippen LogP) is 1.13. The Morgan fingerprint density at radius 1 is 1.59 bits per heavy atom. The van der Waals surface area contributed by atoms with Crippen molar-refractivity contribution in [2.75, 3.05) is 5.73 Å². The Bertz CT molecular complexity index is 507. The number of rotatable bonds is 2. The quantitative estimate of drug-likeness (QED) is 0.810. The van der Waals surface area contributed by atoms with E-state index in [9.17, 15) is 18.0 Å². The maximum Gasteiger partial charge on any atom is 0.573 e. The fourth-order valence-electron chi connectivity index (χ4n) is 1.01. The molecule has 1 aromatic rings. The van der Waals surface area contributed by atoms with Gasteiger partial charge in [0, 0.05) is 6.07 Å². The number of carboxylic acids is 1. The Balaban J connectivity index is 3.40. The highest BCUT2D eigenvalue weighted by molar-refractivity contribution is 5.90. The van der Waals surface area contributed by atoms with Gasteiger partial charge in [0.2, 0.25) is 0 Å². The molecule has 0 aromatic carbocycles. The third-order valence-electron chi connectivity index (χ3n) is 1.54. The standard InChI is InChI=1S/C8H4F3N3O3/c9-8(10,11)17-4-1-5(13)14-6(7(15)16)3(4)2-12/h1H,(H2,13,14)(H,15,16). The Morgan fingerprint density at radius 3 is 2.59 bits per heavy atom. The summed E-state index contributed by atoms with van der Waals surface area (Å²) < 4.78 is 39.4. The summed E-state index contributed by atoms with van der Waals surface area (Å²) in [6, 6.07) is 1.89. The SMILES string of the molecule is N#Cc1c(OC(F)(F)F)cc(N)nc1C(=O)O. The second kappa shape index (κ2) is 4.17. The molecular weight excluding hydrogens is 243 g/mol. The number of alkyl halides is 3. The normalized spacial score (nSPS) is 10.7. The van der Waals surface area contributed by atoms with Gasteiger partial charge in [-0.2, -0.15) is 5.26 Å². The molecule has 0 atom stereocenters. The minimum Gasteiger partial charge on any atom is -0.476 e. The zero-order valence-corrected chi connectivity index (χ0v) is 7.95. The number of nitriles is 1. The van der Waals surface area contributed by atoms with Gasteiger partial charge in [-0.15, -0.1) is 13.2 Å². The Labute approximate surface area is 92.0 Å². The minimum absolute atomic E-state index is 0.499. The molecule has 3 N–H and O–H groups in total. The number of nitrogens with zero attached hydrogens (tertiary/aromatic N) is 2. The first kappa shape index (κ1) is 12.6. The van der Waals surface area contributed by atoms with Crippen molar-refractivity contribution in [3.8, 4) is 11.8 Å². The highest BCUT2D eigenvalue weighted by atomic mass is 19.4. The van der Waals surface area contributed by atoms with E-state index in [0.717, 1.165) is 0 Å². The second-order valence-corrected chi connectivity index (χ2v) is 2.73. The number of nitrogen functional groups attached to an aromatic ring is 1. The lowest BCUT2D eigenvalue weighted by molar-refractivity contribution is -0.274. The molecule has 1 rings (SSSR count). The van der Waals surface area contributed by atoms with Gasteiger partial charge in [-0.05, 0) is 0 Å². The van der Waals surface area contributed by atoms with E-state index in [1.54, 1.807) is 0 Å². The van der Waals surface area contributed by atoms with Gasteiger partial charge in [-0.25, -0.2) is 9.78 Å². The Morgan fingerprint density at radius 2 is 2.18 bits per heavy atom. The molecule has 0 bridgehead atoms. The smallest absolute Gasteiger partial charge is 0.476 e. The van der Waals surface area contributed by atoms with Gasteiger partial charge < -0.3 is 15.6 Å². The van der Waals surface area contributed by atoms with Crippen LogP contribution in [-0.2, 0) is 0 Å². The average molecular weight is 247 g/mol. The summed E-state index contributed by atoms with van der Waals surface area (Å²) in [7, 11) is 0. The van der Waals surface area contributed by atoms with Gasteiger partial charge in [-0.3, -0.25) is 0 Å². The van der Waals surface area contributed by atoms with Crippen molar-refractivity contribution < 1.29 is 27.8 Å². The Hall–Kier alpha value is -2.50. The predicted molar refractivity (Wildman–Crippen MR) is 47.0 cm³/mol. The topological polar surface area (TPSA) is 109 Å². The first-order valence-corrected chi connectivity index (χ1v) is 3.94. The summed E-state index contributed by atoms with van der Waals surface area (Å²) in [4.78, 5) is 13.9. The van der Waals surface area contributed by atoms with Crippen molar-refractivity contribution in [1.29, 1.82) is 5.26 Å². The molecule has 17 heavy (non-hydrogen) atoms. The van der Waals surface area contributed by atoms with Crippen LogP contribution in [0.2, 0.25) is 0 Å². The van der Waals surface area contributed by atoms with Crippen molar-refractivity contribution in [3.05, 3.63) is 17.3 Å². The molecule has 0 radical (unpaired) electrons. The number of hydrogen-bond acceptors (Lipinski definition) is 5. The first-order valence-electron chi connectivity index (χ1n) is 3.94. The largest absolute Gasteiger partial charge is 0.573 e. The molecule has 0 amide bonds. The summed E-state index contributed by atoms with van der Waals surface area (Å²) in [6.45, 7) is 0. The number of aromatic nitrogens is 1. The van der Waals surface area contributed by atoms with Crippen LogP contribution >= 0.6 is 0 Å². The van der Waals surface area contributed by atoms with Gasteiger partial charge in [0.05, 0.1) is 0 Å². The lowest BCUT2D eigenvalue weighted by Crippen LogP contribution is -2.19. The number of carboxylic acid groups (broad SMARTS) is 1. The van der Waals surface area contributed by atoms with Crippen molar-refractivity contribution in [2.45, 2.75) is 6.36 Å². The molecular formula is C8H4F3N3O3. The van der Waals surface area contributed by atoms with E-state index >= 15 is 0 Å². The van der Waals surface area contributed by atoms with E-state index in [-0.39, 0.29) is 0 Å². The van der Waals surface area contributed by atoms with Gasteiger partial charge in [0.1, 0.15) is 17.5 Å². The summed E-state index contributed by atoms with van der Waals surface area (Å²) in [5, 5.41) is 17.2. The summed E-state index contributed by atoms with van der Waals surface area (Å²) in [5.41, 5.74) is 3.37. The van der Waals surface area contributed by atoms with Crippen LogP contribution in [0, 0.1) is 11.3 Å². The fraction of sp³-hybridized carbons (Fsp3) is 0.125.